The van der Waals surface area contributed by atoms with E-state index in [0.717, 1.165) is 12.8 Å². The van der Waals surface area contributed by atoms with Crippen LogP contribution in [0.3, 0.4) is 0 Å². The molecule has 0 aliphatic rings. The summed E-state index contributed by atoms with van der Waals surface area (Å²) in [6, 6.07) is 1.67. The number of rotatable bonds is 4. The molecule has 2 aromatic rings. The van der Waals surface area contributed by atoms with E-state index < -0.39 is 0 Å². The van der Waals surface area contributed by atoms with Crippen LogP contribution in [0.2, 0.25) is 0 Å². The second kappa shape index (κ2) is 5.39. The van der Waals surface area contributed by atoms with E-state index in [1.165, 1.54) is 0 Å². The van der Waals surface area contributed by atoms with Crippen molar-refractivity contribution in [1.29, 1.82) is 0 Å². The Morgan fingerprint density at radius 1 is 1.22 bits per heavy atom. The normalized spacial score (nSPS) is 10.3. The Bertz CT molecular complexity index is 544. The Kier molecular flexibility index (Phi) is 3.66. The lowest BCUT2D eigenvalue weighted by Gasteiger charge is -2.07. The standard InChI is InChI=1S/C12H15N5O/c1-3-4-10-16-8(7-9(13)17-10)11-12(18-2)15-6-5-14-11/h5-7H,3-4H2,1-2H3,(H2,13,16,17). The zero-order valence-corrected chi connectivity index (χ0v) is 10.4. The molecule has 6 heteroatoms. The summed E-state index contributed by atoms with van der Waals surface area (Å²) >= 11 is 0. The fraction of sp³-hybridized carbons (Fsp3) is 0.333. The number of anilines is 1. The highest BCUT2D eigenvalue weighted by Gasteiger charge is 2.12. The minimum Gasteiger partial charge on any atom is -0.479 e. The molecular formula is C12H15N5O. The van der Waals surface area contributed by atoms with Crippen LogP contribution >= 0.6 is 0 Å². The molecule has 0 unspecified atom stereocenters. The quantitative estimate of drug-likeness (QED) is 0.877. The van der Waals surface area contributed by atoms with Gasteiger partial charge in [-0.25, -0.2) is 19.9 Å². The van der Waals surface area contributed by atoms with Crippen LogP contribution in [-0.2, 0) is 6.42 Å². The summed E-state index contributed by atoms with van der Waals surface area (Å²) in [5, 5.41) is 0. The SMILES string of the molecule is CCCc1nc(N)cc(-c2nccnc2OC)n1. The fourth-order valence-corrected chi connectivity index (χ4v) is 1.62. The van der Waals surface area contributed by atoms with Gasteiger partial charge in [0.15, 0.2) is 5.69 Å². The monoisotopic (exact) mass is 245 g/mol. The molecule has 18 heavy (non-hydrogen) atoms. The number of nitrogens with two attached hydrogens (primary N) is 1. The van der Waals surface area contributed by atoms with Crippen molar-refractivity contribution in [2.24, 2.45) is 0 Å². The van der Waals surface area contributed by atoms with Crippen molar-refractivity contribution in [3.8, 4) is 17.3 Å². The molecule has 2 rings (SSSR count). The van der Waals surface area contributed by atoms with E-state index in [-0.39, 0.29) is 0 Å². The van der Waals surface area contributed by atoms with Gasteiger partial charge >= 0.3 is 0 Å². The fourth-order valence-electron chi connectivity index (χ4n) is 1.62. The third-order valence-electron chi connectivity index (χ3n) is 2.37. The number of nitrogens with zero attached hydrogens (tertiary/aromatic N) is 4. The summed E-state index contributed by atoms with van der Waals surface area (Å²) in [5.74, 6) is 1.56. The van der Waals surface area contributed by atoms with Gasteiger partial charge in [-0.05, 0) is 6.42 Å². The van der Waals surface area contributed by atoms with E-state index in [1.54, 1.807) is 25.6 Å². The van der Waals surface area contributed by atoms with Gasteiger partial charge in [-0.15, -0.1) is 0 Å². The van der Waals surface area contributed by atoms with Crippen LogP contribution in [0, 0.1) is 0 Å². The molecule has 0 radical (unpaired) electrons. The molecule has 94 valence electrons. The van der Waals surface area contributed by atoms with Crippen molar-refractivity contribution in [2.45, 2.75) is 19.8 Å². The zero-order valence-electron chi connectivity index (χ0n) is 10.4. The number of methoxy groups -OCH3 is 1. The topological polar surface area (TPSA) is 86.8 Å². The Morgan fingerprint density at radius 3 is 2.72 bits per heavy atom. The van der Waals surface area contributed by atoms with E-state index in [1.807, 2.05) is 0 Å². The molecule has 0 aliphatic heterocycles. The summed E-state index contributed by atoms with van der Waals surface area (Å²) in [5.41, 5.74) is 6.99. The Hall–Kier alpha value is -2.24. The Morgan fingerprint density at radius 2 is 2.00 bits per heavy atom. The van der Waals surface area contributed by atoms with Crippen LogP contribution in [0.1, 0.15) is 19.2 Å². The highest BCUT2D eigenvalue weighted by Crippen LogP contribution is 2.24. The highest BCUT2D eigenvalue weighted by atomic mass is 16.5. The maximum atomic E-state index is 5.78. The van der Waals surface area contributed by atoms with E-state index in [0.29, 0.717) is 28.9 Å². The first kappa shape index (κ1) is 12.2. The third-order valence-corrected chi connectivity index (χ3v) is 2.37. The molecular weight excluding hydrogens is 230 g/mol. The molecule has 0 aromatic carbocycles. The molecule has 0 spiro atoms. The van der Waals surface area contributed by atoms with Gasteiger partial charge in [0, 0.05) is 24.9 Å². The minimum atomic E-state index is 0.427. The summed E-state index contributed by atoms with van der Waals surface area (Å²) < 4.78 is 5.16. The predicted molar refractivity (Wildman–Crippen MR) is 68.0 cm³/mol. The van der Waals surface area contributed by atoms with Gasteiger partial charge in [-0.2, -0.15) is 0 Å². The van der Waals surface area contributed by atoms with Crippen molar-refractivity contribution in [2.75, 3.05) is 12.8 Å². The number of hydrogen-bond donors (Lipinski definition) is 1. The first-order chi connectivity index (χ1) is 8.74. The lowest BCUT2D eigenvalue weighted by molar-refractivity contribution is 0.397. The second-order valence-electron chi connectivity index (χ2n) is 3.76. The molecule has 0 amide bonds. The van der Waals surface area contributed by atoms with Crippen LogP contribution in [0.5, 0.6) is 5.88 Å². The Labute approximate surface area is 105 Å². The van der Waals surface area contributed by atoms with Crippen LogP contribution in [0.15, 0.2) is 18.5 Å². The first-order valence-corrected chi connectivity index (χ1v) is 5.73. The third kappa shape index (κ3) is 2.53. The van der Waals surface area contributed by atoms with Crippen molar-refractivity contribution in [3.05, 3.63) is 24.3 Å². The van der Waals surface area contributed by atoms with Gasteiger partial charge in [-0.3, -0.25) is 0 Å². The van der Waals surface area contributed by atoms with Crippen molar-refractivity contribution >= 4 is 5.82 Å². The van der Waals surface area contributed by atoms with Crippen LogP contribution < -0.4 is 10.5 Å². The van der Waals surface area contributed by atoms with Gasteiger partial charge in [0.2, 0.25) is 5.88 Å². The molecule has 2 N–H and O–H groups in total. The maximum absolute atomic E-state index is 5.78. The summed E-state index contributed by atoms with van der Waals surface area (Å²) in [6.07, 6.45) is 4.90. The van der Waals surface area contributed by atoms with Crippen molar-refractivity contribution < 1.29 is 4.74 Å². The number of nitrogen functional groups attached to an aromatic ring is 1. The van der Waals surface area contributed by atoms with Crippen LogP contribution in [0.25, 0.3) is 11.4 Å². The number of hydrogen-bond acceptors (Lipinski definition) is 6. The van der Waals surface area contributed by atoms with Crippen molar-refractivity contribution in [3.63, 3.8) is 0 Å². The molecule has 0 saturated carbocycles. The molecule has 0 aliphatic carbocycles. The molecule has 0 bridgehead atoms. The maximum Gasteiger partial charge on any atom is 0.241 e. The molecule has 0 atom stereocenters. The van der Waals surface area contributed by atoms with E-state index in [4.69, 9.17) is 10.5 Å². The molecule has 0 saturated heterocycles. The van der Waals surface area contributed by atoms with Gasteiger partial charge < -0.3 is 10.5 Å². The summed E-state index contributed by atoms with van der Waals surface area (Å²) in [7, 11) is 1.55. The van der Waals surface area contributed by atoms with Crippen LogP contribution in [-0.4, -0.2) is 27.0 Å². The average Bonchev–Trinajstić information content (AvgIpc) is 2.38. The summed E-state index contributed by atoms with van der Waals surface area (Å²) in [4.78, 5) is 16.9. The van der Waals surface area contributed by atoms with Gasteiger partial charge in [0.1, 0.15) is 17.3 Å². The lowest BCUT2D eigenvalue weighted by atomic mass is 10.2. The average molecular weight is 245 g/mol. The number of aromatic nitrogens is 4. The predicted octanol–water partition coefficient (Wildman–Crippen LogP) is 1.48. The molecule has 2 aromatic heterocycles. The van der Waals surface area contributed by atoms with Gasteiger partial charge in [-0.1, -0.05) is 6.92 Å². The highest BCUT2D eigenvalue weighted by molar-refractivity contribution is 5.62. The number of aryl methyl sites for hydroxylation is 1. The summed E-state index contributed by atoms with van der Waals surface area (Å²) in [6.45, 7) is 2.06. The van der Waals surface area contributed by atoms with Crippen LogP contribution in [0.4, 0.5) is 5.82 Å². The van der Waals surface area contributed by atoms with E-state index >= 15 is 0 Å². The molecule has 6 nitrogen and oxygen atoms in total. The minimum absolute atomic E-state index is 0.427. The van der Waals surface area contributed by atoms with Gasteiger partial charge in [0.25, 0.3) is 0 Å². The molecule has 2 heterocycles. The van der Waals surface area contributed by atoms with Gasteiger partial charge in [0.05, 0.1) is 7.11 Å². The first-order valence-electron chi connectivity index (χ1n) is 5.73. The Balaban J connectivity index is 2.49. The lowest BCUT2D eigenvalue weighted by Crippen LogP contribution is -2.03. The van der Waals surface area contributed by atoms with E-state index in [9.17, 15) is 0 Å². The molecule has 0 fully saturated rings. The van der Waals surface area contributed by atoms with E-state index in [2.05, 4.69) is 26.9 Å². The van der Waals surface area contributed by atoms with Crippen molar-refractivity contribution in [1.82, 2.24) is 19.9 Å². The smallest absolute Gasteiger partial charge is 0.241 e. The second-order valence-corrected chi connectivity index (χ2v) is 3.76. The number of ether oxygens (including phenoxy) is 1. The zero-order chi connectivity index (χ0) is 13.0. The largest absolute Gasteiger partial charge is 0.479 e.